The van der Waals surface area contributed by atoms with E-state index in [1.54, 1.807) is 7.05 Å². The molecule has 0 aromatic heterocycles. The van der Waals surface area contributed by atoms with Gasteiger partial charge in [-0.2, -0.15) is 0 Å². The van der Waals surface area contributed by atoms with E-state index in [-0.39, 0.29) is 6.03 Å². The molecule has 0 heterocycles. The minimum absolute atomic E-state index is 0.341. The molecule has 0 aliphatic rings. The Morgan fingerprint density at radius 1 is 1.24 bits per heavy atom. The van der Waals surface area contributed by atoms with Crippen molar-refractivity contribution in [1.29, 1.82) is 0 Å². The monoisotopic (exact) mass is 292 g/mol. The molecule has 1 rings (SSSR count). The predicted molar refractivity (Wildman–Crippen MR) is 82.2 cm³/mol. The largest absolute Gasteiger partial charge is 0.480 e. The number of amides is 2. The maximum atomic E-state index is 12.0. The van der Waals surface area contributed by atoms with Crippen molar-refractivity contribution >= 4 is 12.0 Å². The van der Waals surface area contributed by atoms with E-state index in [0.717, 1.165) is 5.56 Å². The number of rotatable bonds is 7. The summed E-state index contributed by atoms with van der Waals surface area (Å²) in [6.45, 7) is 4.61. The van der Waals surface area contributed by atoms with E-state index < -0.39 is 12.0 Å². The molecule has 5 nitrogen and oxygen atoms in total. The Labute approximate surface area is 126 Å². The van der Waals surface area contributed by atoms with Crippen LogP contribution in [0, 0.1) is 5.92 Å². The molecule has 116 valence electrons. The van der Waals surface area contributed by atoms with Crippen LogP contribution in [-0.2, 0) is 11.2 Å². The molecule has 0 fully saturated rings. The summed E-state index contributed by atoms with van der Waals surface area (Å²) < 4.78 is 0. The van der Waals surface area contributed by atoms with Crippen molar-refractivity contribution in [3.05, 3.63) is 35.9 Å². The van der Waals surface area contributed by atoms with Crippen LogP contribution in [0.5, 0.6) is 0 Å². The van der Waals surface area contributed by atoms with E-state index in [1.807, 2.05) is 44.2 Å². The molecule has 0 aliphatic carbocycles. The van der Waals surface area contributed by atoms with Crippen LogP contribution in [0.3, 0.4) is 0 Å². The molecule has 5 heteroatoms. The Bertz CT molecular complexity index is 460. The SMILES string of the molecule is CC(C)CN(C)C(=O)NC(CCc1ccccc1)C(=O)O. The summed E-state index contributed by atoms with van der Waals surface area (Å²) in [5.74, 6) is -0.662. The molecule has 1 aromatic carbocycles. The molecule has 1 atom stereocenters. The van der Waals surface area contributed by atoms with E-state index in [2.05, 4.69) is 5.32 Å². The van der Waals surface area contributed by atoms with Gasteiger partial charge in [0.15, 0.2) is 0 Å². The summed E-state index contributed by atoms with van der Waals surface area (Å²) in [5, 5.41) is 11.8. The molecule has 0 saturated carbocycles. The third-order valence-electron chi connectivity index (χ3n) is 3.15. The van der Waals surface area contributed by atoms with E-state index in [4.69, 9.17) is 0 Å². The number of nitrogens with zero attached hydrogens (tertiary/aromatic N) is 1. The minimum Gasteiger partial charge on any atom is -0.480 e. The second-order valence-electron chi connectivity index (χ2n) is 5.64. The van der Waals surface area contributed by atoms with Gasteiger partial charge in [-0.05, 0) is 24.3 Å². The summed E-state index contributed by atoms with van der Waals surface area (Å²) >= 11 is 0. The van der Waals surface area contributed by atoms with E-state index in [0.29, 0.717) is 25.3 Å². The summed E-state index contributed by atoms with van der Waals surface area (Å²) in [6.07, 6.45) is 0.993. The fraction of sp³-hybridized carbons (Fsp3) is 0.500. The summed E-state index contributed by atoms with van der Waals surface area (Å²) in [5.41, 5.74) is 1.06. The van der Waals surface area contributed by atoms with Crippen molar-refractivity contribution in [2.24, 2.45) is 5.92 Å². The van der Waals surface area contributed by atoms with Gasteiger partial charge in [0.25, 0.3) is 0 Å². The fourth-order valence-electron chi connectivity index (χ4n) is 2.10. The number of carboxylic acids is 1. The first-order chi connectivity index (χ1) is 9.90. The number of carbonyl (C=O) groups excluding carboxylic acids is 1. The van der Waals surface area contributed by atoms with Crippen molar-refractivity contribution in [2.75, 3.05) is 13.6 Å². The number of nitrogens with one attached hydrogen (secondary N) is 1. The van der Waals surface area contributed by atoms with Gasteiger partial charge in [0, 0.05) is 13.6 Å². The smallest absolute Gasteiger partial charge is 0.326 e. The lowest BCUT2D eigenvalue weighted by Gasteiger charge is -2.22. The number of aliphatic carboxylic acids is 1. The Kier molecular flexibility index (Phi) is 6.72. The van der Waals surface area contributed by atoms with Crippen LogP contribution in [0.15, 0.2) is 30.3 Å². The summed E-state index contributed by atoms with van der Waals surface area (Å²) in [7, 11) is 1.67. The molecule has 0 aliphatic heterocycles. The molecule has 0 radical (unpaired) electrons. The average molecular weight is 292 g/mol. The molecular weight excluding hydrogens is 268 g/mol. The van der Waals surface area contributed by atoms with Crippen LogP contribution in [0.4, 0.5) is 4.79 Å². The number of carbonyl (C=O) groups is 2. The van der Waals surface area contributed by atoms with Gasteiger partial charge in [0.2, 0.25) is 0 Å². The highest BCUT2D eigenvalue weighted by atomic mass is 16.4. The maximum Gasteiger partial charge on any atom is 0.326 e. The van der Waals surface area contributed by atoms with Crippen molar-refractivity contribution in [3.63, 3.8) is 0 Å². The first-order valence-corrected chi connectivity index (χ1v) is 7.18. The maximum absolute atomic E-state index is 12.0. The van der Waals surface area contributed by atoms with Gasteiger partial charge >= 0.3 is 12.0 Å². The quantitative estimate of drug-likeness (QED) is 0.810. The van der Waals surface area contributed by atoms with Gasteiger partial charge < -0.3 is 15.3 Å². The van der Waals surface area contributed by atoms with Crippen molar-refractivity contribution < 1.29 is 14.7 Å². The number of benzene rings is 1. The second kappa shape index (κ2) is 8.29. The molecule has 0 saturated heterocycles. The summed E-state index contributed by atoms with van der Waals surface area (Å²) in [6, 6.07) is 8.44. The Morgan fingerprint density at radius 3 is 2.38 bits per heavy atom. The highest BCUT2D eigenvalue weighted by Crippen LogP contribution is 2.06. The van der Waals surface area contributed by atoms with Gasteiger partial charge in [0.05, 0.1) is 0 Å². The van der Waals surface area contributed by atoms with Gasteiger partial charge in [0.1, 0.15) is 6.04 Å². The normalized spacial score (nSPS) is 12.0. The molecule has 0 bridgehead atoms. The average Bonchev–Trinajstić information content (AvgIpc) is 2.43. The number of hydrogen-bond donors (Lipinski definition) is 2. The van der Waals surface area contributed by atoms with Crippen LogP contribution in [-0.4, -0.2) is 41.6 Å². The molecule has 21 heavy (non-hydrogen) atoms. The molecule has 1 unspecified atom stereocenters. The number of urea groups is 1. The molecular formula is C16H24N2O3. The number of aryl methyl sites for hydroxylation is 1. The predicted octanol–water partition coefficient (Wildman–Crippen LogP) is 2.37. The molecule has 2 N–H and O–H groups in total. The molecule has 2 amide bonds. The van der Waals surface area contributed by atoms with Gasteiger partial charge in [-0.1, -0.05) is 44.2 Å². The van der Waals surface area contributed by atoms with Crippen LogP contribution in [0.2, 0.25) is 0 Å². The fourth-order valence-corrected chi connectivity index (χ4v) is 2.10. The van der Waals surface area contributed by atoms with E-state index in [9.17, 15) is 14.7 Å². The molecule has 1 aromatic rings. The number of hydrogen-bond acceptors (Lipinski definition) is 2. The first kappa shape index (κ1) is 17.0. The standard InChI is InChI=1S/C16H24N2O3/c1-12(2)11-18(3)16(21)17-14(15(19)20)10-9-13-7-5-4-6-8-13/h4-8,12,14H,9-11H2,1-3H3,(H,17,21)(H,19,20). The highest BCUT2D eigenvalue weighted by molar-refractivity contribution is 5.82. The third-order valence-corrected chi connectivity index (χ3v) is 3.15. The van der Waals surface area contributed by atoms with Gasteiger partial charge in [-0.25, -0.2) is 9.59 Å². The Hall–Kier alpha value is -2.04. The number of carboxylic acid groups (broad SMARTS) is 1. The van der Waals surface area contributed by atoms with Crippen LogP contribution >= 0.6 is 0 Å². The van der Waals surface area contributed by atoms with Crippen LogP contribution < -0.4 is 5.32 Å². The highest BCUT2D eigenvalue weighted by Gasteiger charge is 2.21. The van der Waals surface area contributed by atoms with Crippen LogP contribution in [0.25, 0.3) is 0 Å². The zero-order valence-electron chi connectivity index (χ0n) is 12.9. The Balaban J connectivity index is 2.54. The summed E-state index contributed by atoms with van der Waals surface area (Å²) in [4.78, 5) is 24.7. The zero-order valence-corrected chi connectivity index (χ0v) is 12.9. The zero-order chi connectivity index (χ0) is 15.8. The van der Waals surface area contributed by atoms with Crippen molar-refractivity contribution in [1.82, 2.24) is 10.2 Å². The topological polar surface area (TPSA) is 69.6 Å². The van der Waals surface area contributed by atoms with E-state index in [1.165, 1.54) is 4.90 Å². The van der Waals surface area contributed by atoms with Gasteiger partial charge in [-0.3, -0.25) is 0 Å². The first-order valence-electron chi connectivity index (χ1n) is 7.18. The van der Waals surface area contributed by atoms with Crippen molar-refractivity contribution in [3.8, 4) is 0 Å². The van der Waals surface area contributed by atoms with Gasteiger partial charge in [-0.15, -0.1) is 0 Å². The second-order valence-corrected chi connectivity index (χ2v) is 5.64. The lowest BCUT2D eigenvalue weighted by atomic mass is 10.1. The molecule has 0 spiro atoms. The van der Waals surface area contributed by atoms with Crippen LogP contribution in [0.1, 0.15) is 25.8 Å². The lowest BCUT2D eigenvalue weighted by molar-refractivity contribution is -0.139. The minimum atomic E-state index is -1.00. The van der Waals surface area contributed by atoms with Crippen molar-refractivity contribution in [2.45, 2.75) is 32.7 Å². The lowest BCUT2D eigenvalue weighted by Crippen LogP contribution is -2.47. The third kappa shape index (κ3) is 6.29. The Morgan fingerprint density at radius 2 is 1.86 bits per heavy atom. The van der Waals surface area contributed by atoms with E-state index >= 15 is 0 Å².